The molecule has 0 atom stereocenters. The third kappa shape index (κ3) is 5.35. The molecule has 0 spiro atoms. The predicted molar refractivity (Wildman–Crippen MR) is 53.8 cm³/mol. The van der Waals surface area contributed by atoms with E-state index in [0.29, 0.717) is 0 Å². The fraction of sp³-hybridized carbons (Fsp3) is 0.900. The zero-order valence-corrected chi connectivity index (χ0v) is 10.9. The SMILES string of the molecule is CCCC(O)(CCC)C(C)=NC.[Er]. The largest absolute Gasteiger partial charge is 0.384 e. The summed E-state index contributed by atoms with van der Waals surface area (Å²) in [5.74, 6) is 0. The summed E-state index contributed by atoms with van der Waals surface area (Å²) in [6, 6.07) is 0. The van der Waals surface area contributed by atoms with Crippen LogP contribution in [0.3, 0.4) is 0 Å². The third-order valence-electron chi connectivity index (χ3n) is 2.34. The van der Waals surface area contributed by atoms with E-state index in [2.05, 4.69) is 18.8 Å². The Hall–Kier alpha value is 0.877. The van der Waals surface area contributed by atoms with Crippen LogP contribution in [-0.2, 0) is 0 Å². The monoisotopic (exact) mass is 337 g/mol. The van der Waals surface area contributed by atoms with E-state index in [1.165, 1.54) is 0 Å². The first-order valence-corrected chi connectivity index (χ1v) is 4.77. The molecule has 0 aromatic heterocycles. The van der Waals surface area contributed by atoms with E-state index in [0.717, 1.165) is 31.4 Å². The second kappa shape index (κ2) is 8.21. The Kier molecular flexibility index (Phi) is 10.3. The molecule has 3 heteroatoms. The van der Waals surface area contributed by atoms with Gasteiger partial charge in [0.25, 0.3) is 0 Å². The van der Waals surface area contributed by atoms with Crippen LogP contribution in [0.2, 0.25) is 0 Å². The van der Waals surface area contributed by atoms with Gasteiger partial charge in [-0.2, -0.15) is 0 Å². The molecule has 0 aromatic carbocycles. The number of hydrogen-bond acceptors (Lipinski definition) is 2. The summed E-state index contributed by atoms with van der Waals surface area (Å²) in [6.07, 6.45) is 3.65. The van der Waals surface area contributed by atoms with Gasteiger partial charge in [-0.15, -0.1) is 0 Å². The van der Waals surface area contributed by atoms with E-state index in [1.54, 1.807) is 7.05 Å². The molecule has 0 aliphatic heterocycles. The fourth-order valence-electron chi connectivity index (χ4n) is 1.52. The predicted octanol–water partition coefficient (Wildman–Crippen LogP) is 2.41. The van der Waals surface area contributed by atoms with E-state index < -0.39 is 5.60 Å². The van der Waals surface area contributed by atoms with Gasteiger partial charge in [0.1, 0.15) is 5.60 Å². The van der Waals surface area contributed by atoms with E-state index >= 15 is 0 Å². The van der Waals surface area contributed by atoms with Crippen molar-refractivity contribution in [3.05, 3.63) is 0 Å². The molecular formula is C10H21ErNO. The smallest absolute Gasteiger partial charge is 0.102 e. The quantitative estimate of drug-likeness (QED) is 0.767. The van der Waals surface area contributed by atoms with Gasteiger partial charge in [-0.1, -0.05) is 26.7 Å². The number of hydrogen-bond donors (Lipinski definition) is 1. The molecule has 0 unspecified atom stereocenters. The van der Waals surface area contributed by atoms with Gasteiger partial charge in [0.15, 0.2) is 0 Å². The molecule has 0 saturated heterocycles. The van der Waals surface area contributed by atoms with Crippen LogP contribution in [0, 0.1) is 37.3 Å². The molecule has 1 N–H and O–H groups in total. The summed E-state index contributed by atoms with van der Waals surface area (Å²) in [5.41, 5.74) is 0.226. The minimum absolute atomic E-state index is 0. The van der Waals surface area contributed by atoms with E-state index in [1.807, 2.05) is 6.92 Å². The number of aliphatic hydroxyl groups is 1. The van der Waals surface area contributed by atoms with Crippen molar-refractivity contribution >= 4 is 5.71 Å². The van der Waals surface area contributed by atoms with Gasteiger partial charge >= 0.3 is 0 Å². The number of rotatable bonds is 5. The van der Waals surface area contributed by atoms with Gasteiger partial charge < -0.3 is 5.11 Å². The van der Waals surface area contributed by atoms with E-state index in [9.17, 15) is 5.11 Å². The maximum Gasteiger partial charge on any atom is 0.102 e. The molecule has 0 aromatic rings. The zero-order valence-electron chi connectivity index (χ0n) is 9.01. The Balaban J connectivity index is 0. The van der Waals surface area contributed by atoms with E-state index in [4.69, 9.17) is 0 Å². The Morgan fingerprint density at radius 2 is 1.62 bits per heavy atom. The first-order valence-electron chi connectivity index (χ1n) is 4.77. The molecule has 0 heterocycles. The van der Waals surface area contributed by atoms with Crippen molar-refractivity contribution in [1.29, 1.82) is 0 Å². The second-order valence-corrected chi connectivity index (χ2v) is 3.34. The van der Waals surface area contributed by atoms with Crippen molar-refractivity contribution in [3.63, 3.8) is 0 Å². The normalized spacial score (nSPS) is 12.5. The number of aliphatic imine (C=N–C) groups is 1. The summed E-state index contributed by atoms with van der Waals surface area (Å²) in [7, 11) is 1.74. The van der Waals surface area contributed by atoms with Crippen LogP contribution >= 0.6 is 0 Å². The molecule has 0 saturated carbocycles. The van der Waals surface area contributed by atoms with Crippen LogP contribution in [0.15, 0.2) is 4.99 Å². The van der Waals surface area contributed by atoms with Crippen molar-refractivity contribution in [2.24, 2.45) is 4.99 Å². The summed E-state index contributed by atoms with van der Waals surface area (Å²) < 4.78 is 0. The molecule has 84 valence electrons. The maximum absolute atomic E-state index is 10.1. The molecule has 13 heavy (non-hydrogen) atoms. The van der Waals surface area contributed by atoms with Gasteiger partial charge in [-0.05, 0) is 19.8 Å². The average molecular weight is 339 g/mol. The van der Waals surface area contributed by atoms with Gasteiger partial charge in [-0.25, -0.2) is 0 Å². The fourth-order valence-corrected chi connectivity index (χ4v) is 1.52. The summed E-state index contributed by atoms with van der Waals surface area (Å²) in [5, 5.41) is 10.1. The average Bonchev–Trinajstić information content (AvgIpc) is 2.04. The Labute approximate surface area is 111 Å². The van der Waals surface area contributed by atoms with Crippen molar-refractivity contribution in [2.75, 3.05) is 7.05 Å². The summed E-state index contributed by atoms with van der Waals surface area (Å²) in [6.45, 7) is 6.08. The second-order valence-electron chi connectivity index (χ2n) is 3.34. The molecule has 0 bridgehead atoms. The van der Waals surface area contributed by atoms with Gasteiger partial charge in [0.05, 0.1) is 0 Å². The van der Waals surface area contributed by atoms with Gasteiger partial charge in [-0.3, -0.25) is 4.99 Å². The third-order valence-corrected chi connectivity index (χ3v) is 2.34. The van der Waals surface area contributed by atoms with Crippen molar-refractivity contribution in [2.45, 2.75) is 52.1 Å². The molecule has 0 aliphatic carbocycles. The van der Waals surface area contributed by atoms with Gasteiger partial charge in [0, 0.05) is 50.1 Å². The first kappa shape index (κ1) is 16.3. The van der Waals surface area contributed by atoms with Crippen LogP contribution in [0.5, 0.6) is 0 Å². The molecule has 2 nitrogen and oxygen atoms in total. The molecular weight excluding hydrogens is 317 g/mol. The maximum atomic E-state index is 10.1. The van der Waals surface area contributed by atoms with Crippen molar-refractivity contribution in [1.82, 2.24) is 0 Å². The number of nitrogens with zero attached hydrogens (tertiary/aromatic N) is 1. The molecule has 0 rings (SSSR count). The van der Waals surface area contributed by atoms with E-state index in [-0.39, 0.29) is 37.3 Å². The molecule has 0 fully saturated rings. The van der Waals surface area contributed by atoms with Gasteiger partial charge in [0.2, 0.25) is 0 Å². The molecule has 0 radical (unpaired) electrons. The van der Waals surface area contributed by atoms with Crippen LogP contribution < -0.4 is 0 Å². The Bertz CT molecular complexity index is 151. The molecule has 0 amide bonds. The van der Waals surface area contributed by atoms with Crippen LogP contribution in [0.25, 0.3) is 0 Å². The Morgan fingerprint density at radius 3 is 1.85 bits per heavy atom. The van der Waals surface area contributed by atoms with Crippen molar-refractivity contribution < 1.29 is 42.4 Å². The molecule has 0 aliphatic rings. The first-order chi connectivity index (χ1) is 5.60. The van der Waals surface area contributed by atoms with Crippen LogP contribution in [0.1, 0.15) is 46.5 Å². The van der Waals surface area contributed by atoms with Crippen molar-refractivity contribution in [3.8, 4) is 0 Å². The standard InChI is InChI=1S/C10H21NO.Er/c1-5-7-10(12,8-6-2)9(3)11-4;/h12H,5-8H2,1-4H3;. The van der Waals surface area contributed by atoms with Crippen LogP contribution in [-0.4, -0.2) is 23.5 Å². The topological polar surface area (TPSA) is 32.6 Å². The minimum atomic E-state index is -0.641. The Morgan fingerprint density at radius 1 is 1.23 bits per heavy atom. The summed E-state index contributed by atoms with van der Waals surface area (Å²) in [4.78, 5) is 4.06. The van der Waals surface area contributed by atoms with Crippen LogP contribution in [0.4, 0.5) is 0 Å². The summed E-state index contributed by atoms with van der Waals surface area (Å²) >= 11 is 0. The minimum Gasteiger partial charge on any atom is -0.384 e. The zero-order chi connectivity index (χ0) is 9.61.